The fourth-order valence-electron chi connectivity index (χ4n) is 2.85. The lowest BCUT2D eigenvalue weighted by Crippen LogP contribution is -2.36. The van der Waals surface area contributed by atoms with Gasteiger partial charge in [0.2, 0.25) is 0 Å². The maximum atomic E-state index is 13.2. The first-order valence-corrected chi connectivity index (χ1v) is 7.01. The third-order valence-electron chi connectivity index (χ3n) is 3.72. The number of hydrogen-bond acceptors (Lipinski definition) is 1. The molecule has 0 saturated heterocycles. The van der Waals surface area contributed by atoms with Gasteiger partial charge in [-0.2, -0.15) is 0 Å². The van der Waals surface area contributed by atoms with Crippen LogP contribution in [0.5, 0.6) is 0 Å². The van der Waals surface area contributed by atoms with E-state index >= 15 is 0 Å². The molecule has 1 saturated carbocycles. The summed E-state index contributed by atoms with van der Waals surface area (Å²) in [4.78, 5) is 0. The molecule has 1 aliphatic carbocycles. The van der Waals surface area contributed by atoms with Crippen molar-refractivity contribution in [3.8, 4) is 0 Å². The topological polar surface area (TPSA) is 12.0 Å². The first-order valence-electron chi connectivity index (χ1n) is 6.63. The van der Waals surface area contributed by atoms with E-state index in [2.05, 4.69) is 19.2 Å². The lowest BCUT2D eigenvalue weighted by Gasteiger charge is -2.35. The second kappa shape index (κ2) is 5.58. The molecule has 3 heteroatoms. The van der Waals surface area contributed by atoms with E-state index in [0.717, 1.165) is 5.56 Å². The molecule has 18 heavy (non-hydrogen) atoms. The minimum atomic E-state index is -0.261. The number of rotatable bonds is 3. The monoisotopic (exact) mass is 269 g/mol. The second-order valence-electron chi connectivity index (χ2n) is 6.12. The van der Waals surface area contributed by atoms with Gasteiger partial charge in [0.1, 0.15) is 5.82 Å². The van der Waals surface area contributed by atoms with Crippen molar-refractivity contribution >= 4 is 11.6 Å². The zero-order chi connectivity index (χ0) is 13.2. The summed E-state index contributed by atoms with van der Waals surface area (Å²) in [5.74, 6) is -0.261. The number of nitrogens with one attached hydrogen (secondary N) is 1. The van der Waals surface area contributed by atoms with Crippen molar-refractivity contribution in [3.05, 3.63) is 34.6 Å². The second-order valence-corrected chi connectivity index (χ2v) is 6.55. The van der Waals surface area contributed by atoms with Crippen LogP contribution < -0.4 is 5.32 Å². The van der Waals surface area contributed by atoms with E-state index in [4.69, 9.17) is 11.6 Å². The fourth-order valence-corrected chi connectivity index (χ4v) is 3.09. The van der Waals surface area contributed by atoms with Gasteiger partial charge in [0.05, 0.1) is 0 Å². The van der Waals surface area contributed by atoms with Crippen molar-refractivity contribution in [3.63, 3.8) is 0 Å². The average Bonchev–Trinajstić information content (AvgIpc) is 2.24. The molecule has 2 rings (SSSR count). The molecule has 0 aliphatic heterocycles. The Morgan fingerprint density at radius 2 is 2.17 bits per heavy atom. The van der Waals surface area contributed by atoms with E-state index in [-0.39, 0.29) is 5.82 Å². The summed E-state index contributed by atoms with van der Waals surface area (Å²) in [6, 6.07) is 5.25. The van der Waals surface area contributed by atoms with Crippen molar-refractivity contribution < 1.29 is 4.39 Å². The van der Waals surface area contributed by atoms with Gasteiger partial charge in [-0.15, -0.1) is 0 Å². The van der Waals surface area contributed by atoms with Crippen molar-refractivity contribution in [2.24, 2.45) is 5.41 Å². The first-order chi connectivity index (χ1) is 8.44. The van der Waals surface area contributed by atoms with E-state index in [9.17, 15) is 4.39 Å². The third-order valence-corrected chi connectivity index (χ3v) is 3.94. The Labute approximate surface area is 114 Å². The van der Waals surface area contributed by atoms with Gasteiger partial charge >= 0.3 is 0 Å². The predicted molar refractivity (Wildman–Crippen MR) is 74.3 cm³/mol. The van der Waals surface area contributed by atoms with Crippen molar-refractivity contribution in [2.75, 3.05) is 0 Å². The van der Waals surface area contributed by atoms with Crippen LogP contribution in [-0.4, -0.2) is 6.04 Å². The molecule has 0 radical (unpaired) electrons. The van der Waals surface area contributed by atoms with Gasteiger partial charge < -0.3 is 5.32 Å². The molecule has 1 N–H and O–H groups in total. The predicted octanol–water partition coefficient (Wildman–Crippen LogP) is 4.54. The van der Waals surface area contributed by atoms with Crippen LogP contribution in [-0.2, 0) is 6.54 Å². The molecule has 1 atom stereocenters. The zero-order valence-corrected chi connectivity index (χ0v) is 11.9. The summed E-state index contributed by atoms with van der Waals surface area (Å²) in [6.07, 6.45) is 4.98. The Bertz CT molecular complexity index is 397. The summed E-state index contributed by atoms with van der Waals surface area (Å²) in [5.41, 5.74) is 1.35. The first kappa shape index (κ1) is 13.8. The normalized spacial score (nSPS) is 23.0. The maximum absolute atomic E-state index is 13.2. The minimum absolute atomic E-state index is 0.261. The molecule has 0 spiro atoms. The SMILES string of the molecule is CC1(C)CCCC(NCc2cc(F)cc(Cl)c2)C1. The summed E-state index contributed by atoms with van der Waals surface area (Å²) >= 11 is 5.85. The molecule has 1 aliphatic rings. The van der Waals surface area contributed by atoms with Gasteiger partial charge in [0.15, 0.2) is 0 Å². The number of halogens is 2. The molecule has 1 unspecified atom stereocenters. The Morgan fingerprint density at radius 1 is 1.39 bits per heavy atom. The molecular formula is C15H21ClFN. The van der Waals surface area contributed by atoms with Crippen LogP contribution in [0.4, 0.5) is 4.39 Å². The Balaban J connectivity index is 1.91. The van der Waals surface area contributed by atoms with Gasteiger partial charge in [-0.3, -0.25) is 0 Å². The quantitative estimate of drug-likeness (QED) is 0.850. The molecule has 0 bridgehead atoms. The van der Waals surface area contributed by atoms with E-state index in [1.54, 1.807) is 6.07 Å². The van der Waals surface area contributed by atoms with Crippen LogP contribution in [0.2, 0.25) is 5.02 Å². The zero-order valence-electron chi connectivity index (χ0n) is 11.1. The Kier molecular flexibility index (Phi) is 4.29. The molecule has 0 amide bonds. The van der Waals surface area contributed by atoms with Crippen LogP contribution in [0.3, 0.4) is 0 Å². The fraction of sp³-hybridized carbons (Fsp3) is 0.600. The lowest BCUT2D eigenvalue weighted by molar-refractivity contribution is 0.197. The lowest BCUT2D eigenvalue weighted by atomic mass is 9.75. The molecule has 0 aromatic heterocycles. The van der Waals surface area contributed by atoms with Crippen LogP contribution in [0, 0.1) is 11.2 Å². The number of hydrogen-bond donors (Lipinski definition) is 1. The summed E-state index contributed by atoms with van der Waals surface area (Å²) in [5, 5.41) is 3.99. The van der Waals surface area contributed by atoms with Crippen LogP contribution in [0.25, 0.3) is 0 Å². The Hall–Kier alpha value is -0.600. The number of benzene rings is 1. The smallest absolute Gasteiger partial charge is 0.125 e. The van der Waals surface area contributed by atoms with Gasteiger partial charge in [0.25, 0.3) is 0 Å². The standard InChI is InChI=1S/C15H21ClFN/c1-15(2)5-3-4-14(9-15)18-10-11-6-12(16)8-13(17)7-11/h6-8,14,18H,3-5,9-10H2,1-2H3. The highest BCUT2D eigenvalue weighted by Crippen LogP contribution is 2.35. The van der Waals surface area contributed by atoms with E-state index in [0.29, 0.717) is 23.0 Å². The molecule has 1 nitrogen and oxygen atoms in total. The average molecular weight is 270 g/mol. The van der Waals surface area contributed by atoms with Crippen molar-refractivity contribution in [2.45, 2.75) is 52.1 Å². The molecule has 100 valence electrons. The summed E-state index contributed by atoms with van der Waals surface area (Å²) in [7, 11) is 0. The van der Waals surface area contributed by atoms with Crippen LogP contribution in [0.15, 0.2) is 18.2 Å². The highest BCUT2D eigenvalue weighted by atomic mass is 35.5. The Morgan fingerprint density at radius 3 is 2.83 bits per heavy atom. The van der Waals surface area contributed by atoms with Gasteiger partial charge in [0, 0.05) is 17.6 Å². The largest absolute Gasteiger partial charge is 0.310 e. The molecule has 1 fully saturated rings. The highest BCUT2D eigenvalue weighted by molar-refractivity contribution is 6.30. The molecular weight excluding hydrogens is 249 g/mol. The van der Waals surface area contributed by atoms with Gasteiger partial charge in [-0.05, 0) is 48.4 Å². The third kappa shape index (κ3) is 3.96. The van der Waals surface area contributed by atoms with Crippen LogP contribution >= 0.6 is 11.6 Å². The highest BCUT2D eigenvalue weighted by Gasteiger charge is 2.27. The summed E-state index contributed by atoms with van der Waals surface area (Å²) < 4.78 is 13.2. The van der Waals surface area contributed by atoms with E-state index < -0.39 is 0 Å². The maximum Gasteiger partial charge on any atom is 0.125 e. The molecule has 1 aromatic rings. The van der Waals surface area contributed by atoms with Gasteiger partial charge in [-0.25, -0.2) is 4.39 Å². The van der Waals surface area contributed by atoms with Crippen LogP contribution in [0.1, 0.15) is 45.1 Å². The molecule has 1 aromatic carbocycles. The minimum Gasteiger partial charge on any atom is -0.310 e. The van der Waals surface area contributed by atoms with E-state index in [1.807, 2.05) is 6.07 Å². The van der Waals surface area contributed by atoms with Crippen molar-refractivity contribution in [1.29, 1.82) is 0 Å². The summed E-state index contributed by atoms with van der Waals surface area (Å²) in [6.45, 7) is 5.33. The van der Waals surface area contributed by atoms with Crippen molar-refractivity contribution in [1.82, 2.24) is 5.32 Å². The van der Waals surface area contributed by atoms with Gasteiger partial charge in [-0.1, -0.05) is 31.9 Å². The molecule has 0 heterocycles. The van der Waals surface area contributed by atoms with E-state index in [1.165, 1.54) is 31.7 Å².